The minimum atomic E-state index is -0.0414. The molecule has 1 saturated heterocycles. The number of ether oxygens (including phenoxy) is 1. The maximum Gasteiger partial charge on any atom is 0.264 e. The smallest absolute Gasteiger partial charge is 0.264 e. The van der Waals surface area contributed by atoms with Crippen molar-refractivity contribution in [2.45, 2.75) is 44.9 Å². The topological polar surface area (TPSA) is 31.2 Å². The largest absolute Gasteiger partial charge is 0.370 e. The Bertz CT molecular complexity index is 439. The summed E-state index contributed by atoms with van der Waals surface area (Å²) in [6, 6.07) is 3.63. The molecule has 2 heterocycles. The van der Waals surface area contributed by atoms with Gasteiger partial charge in [-0.25, -0.2) is 0 Å². The van der Waals surface area contributed by atoms with Gasteiger partial charge in [-0.05, 0) is 54.8 Å². The third kappa shape index (κ3) is 2.55. The van der Waals surface area contributed by atoms with Crippen molar-refractivity contribution in [3.63, 3.8) is 0 Å². The third-order valence-corrected chi connectivity index (χ3v) is 3.53. The van der Waals surface area contributed by atoms with Crippen LogP contribution in [0, 0.1) is 0 Å². The zero-order valence-electron chi connectivity index (χ0n) is 9.57. The van der Waals surface area contributed by atoms with Crippen LogP contribution in [0.4, 0.5) is 0 Å². The first-order valence-corrected chi connectivity index (χ1v) is 6.30. The minimum absolute atomic E-state index is 0.0100. The van der Waals surface area contributed by atoms with Crippen molar-refractivity contribution in [2.24, 2.45) is 0 Å². The third-order valence-electron chi connectivity index (χ3n) is 2.93. The summed E-state index contributed by atoms with van der Waals surface area (Å²) in [5.74, 6) is 0. The molecule has 16 heavy (non-hydrogen) atoms. The van der Waals surface area contributed by atoms with Crippen molar-refractivity contribution in [3.8, 4) is 0 Å². The molecule has 88 valence electrons. The van der Waals surface area contributed by atoms with Gasteiger partial charge < -0.3 is 9.30 Å². The molecule has 2 rings (SSSR count). The molecule has 1 aromatic heterocycles. The van der Waals surface area contributed by atoms with Crippen molar-refractivity contribution in [3.05, 3.63) is 33.2 Å². The average Bonchev–Trinajstić information content (AvgIpc) is 2.53. The summed E-state index contributed by atoms with van der Waals surface area (Å²) < 4.78 is 8.18. The van der Waals surface area contributed by atoms with Crippen LogP contribution in [0.1, 0.15) is 26.7 Å². The maximum absolute atomic E-state index is 11.8. The first-order valence-electron chi connectivity index (χ1n) is 5.51. The number of hydrogen-bond acceptors (Lipinski definition) is 2. The predicted octanol–water partition coefficient (Wildman–Crippen LogP) is 2.57. The summed E-state index contributed by atoms with van der Waals surface area (Å²) in [6.07, 6.45) is 4.04. The van der Waals surface area contributed by atoms with Gasteiger partial charge in [-0.3, -0.25) is 4.79 Å². The Balaban J connectivity index is 2.11. The molecule has 1 fully saturated rings. The minimum Gasteiger partial charge on any atom is -0.370 e. The van der Waals surface area contributed by atoms with Crippen LogP contribution >= 0.6 is 15.9 Å². The molecule has 3 nitrogen and oxygen atoms in total. The highest BCUT2D eigenvalue weighted by Crippen LogP contribution is 2.29. The molecular formula is C12H16BrNO2. The van der Waals surface area contributed by atoms with E-state index in [1.54, 1.807) is 10.6 Å². The van der Waals surface area contributed by atoms with Crippen molar-refractivity contribution < 1.29 is 4.74 Å². The Kier molecular flexibility index (Phi) is 3.22. The van der Waals surface area contributed by atoms with E-state index in [0.717, 1.165) is 12.8 Å². The second kappa shape index (κ2) is 4.34. The van der Waals surface area contributed by atoms with Crippen molar-refractivity contribution >= 4 is 15.9 Å². The van der Waals surface area contributed by atoms with Gasteiger partial charge >= 0.3 is 0 Å². The summed E-state index contributed by atoms with van der Waals surface area (Å²) in [4.78, 5) is 11.8. The van der Waals surface area contributed by atoms with E-state index in [-0.39, 0.29) is 17.3 Å². The summed E-state index contributed by atoms with van der Waals surface area (Å²) in [6.45, 7) is 4.83. The second-order valence-corrected chi connectivity index (χ2v) is 5.71. The Hall–Kier alpha value is -0.610. The molecule has 0 spiro atoms. The molecule has 1 aliphatic heterocycles. The lowest BCUT2D eigenvalue weighted by Gasteiger charge is -2.19. The van der Waals surface area contributed by atoms with Gasteiger partial charge in [0.2, 0.25) is 0 Å². The molecule has 1 aliphatic rings. The Morgan fingerprint density at radius 1 is 1.62 bits per heavy atom. The highest BCUT2D eigenvalue weighted by molar-refractivity contribution is 9.10. The first kappa shape index (κ1) is 11.9. The van der Waals surface area contributed by atoms with E-state index in [2.05, 4.69) is 29.8 Å². The van der Waals surface area contributed by atoms with Gasteiger partial charge in [0, 0.05) is 6.20 Å². The molecular weight excluding hydrogens is 270 g/mol. The van der Waals surface area contributed by atoms with E-state index in [4.69, 9.17) is 4.74 Å². The Labute approximate surface area is 104 Å². The van der Waals surface area contributed by atoms with E-state index in [0.29, 0.717) is 11.0 Å². The van der Waals surface area contributed by atoms with Gasteiger partial charge in [0.1, 0.15) is 0 Å². The highest BCUT2D eigenvalue weighted by atomic mass is 79.9. The van der Waals surface area contributed by atoms with E-state index < -0.39 is 0 Å². The normalized spacial score (nSPS) is 23.6. The molecule has 0 amide bonds. The molecule has 0 N–H and O–H groups in total. The molecule has 0 bridgehead atoms. The molecule has 0 saturated carbocycles. The molecule has 1 unspecified atom stereocenters. The van der Waals surface area contributed by atoms with Crippen LogP contribution in [-0.4, -0.2) is 16.3 Å². The quantitative estimate of drug-likeness (QED) is 0.836. The van der Waals surface area contributed by atoms with Crippen LogP contribution in [0.5, 0.6) is 0 Å². The summed E-state index contributed by atoms with van der Waals surface area (Å²) in [5, 5.41) is 0. The van der Waals surface area contributed by atoms with E-state index in [1.165, 1.54) is 0 Å². The number of hydrogen-bond donors (Lipinski definition) is 0. The van der Waals surface area contributed by atoms with Crippen LogP contribution in [-0.2, 0) is 11.3 Å². The van der Waals surface area contributed by atoms with Gasteiger partial charge in [0.15, 0.2) is 0 Å². The van der Waals surface area contributed by atoms with E-state index in [1.807, 2.05) is 12.3 Å². The summed E-state index contributed by atoms with van der Waals surface area (Å²) >= 11 is 3.24. The number of rotatable bonds is 2. The molecule has 0 aromatic carbocycles. The molecule has 1 atom stereocenters. The Morgan fingerprint density at radius 2 is 2.38 bits per heavy atom. The van der Waals surface area contributed by atoms with Gasteiger partial charge in [0.05, 0.1) is 22.7 Å². The lowest BCUT2D eigenvalue weighted by atomic mass is 10.1. The Morgan fingerprint density at radius 3 is 3.00 bits per heavy atom. The zero-order valence-corrected chi connectivity index (χ0v) is 11.2. The monoisotopic (exact) mass is 285 g/mol. The van der Waals surface area contributed by atoms with Crippen molar-refractivity contribution in [2.75, 3.05) is 0 Å². The van der Waals surface area contributed by atoms with E-state index >= 15 is 0 Å². The van der Waals surface area contributed by atoms with Crippen LogP contribution in [0.15, 0.2) is 27.6 Å². The summed E-state index contributed by atoms with van der Waals surface area (Å²) in [7, 11) is 0. The fraction of sp³-hybridized carbons (Fsp3) is 0.583. The highest BCUT2D eigenvalue weighted by Gasteiger charge is 2.31. The van der Waals surface area contributed by atoms with Gasteiger partial charge in [-0.1, -0.05) is 0 Å². The van der Waals surface area contributed by atoms with Crippen molar-refractivity contribution in [1.82, 2.24) is 4.57 Å². The fourth-order valence-corrected chi connectivity index (χ4v) is 2.46. The second-order valence-electron chi connectivity index (χ2n) is 4.85. The average molecular weight is 286 g/mol. The maximum atomic E-state index is 11.8. The van der Waals surface area contributed by atoms with Crippen LogP contribution in [0.3, 0.4) is 0 Å². The summed E-state index contributed by atoms with van der Waals surface area (Å²) in [5.41, 5.74) is -0.0314. The molecule has 0 radical (unpaired) electrons. The fourth-order valence-electron chi connectivity index (χ4n) is 2.08. The standard InChI is InChI=1S/C12H16BrNO2/c1-12(2)6-5-9(16-12)8-14-7-3-4-10(13)11(14)15/h3-4,7,9H,5-6,8H2,1-2H3. The van der Waals surface area contributed by atoms with E-state index in [9.17, 15) is 4.79 Å². The van der Waals surface area contributed by atoms with Crippen molar-refractivity contribution in [1.29, 1.82) is 0 Å². The van der Waals surface area contributed by atoms with Gasteiger partial charge in [0.25, 0.3) is 5.56 Å². The number of halogens is 1. The molecule has 0 aliphatic carbocycles. The van der Waals surface area contributed by atoms with Crippen LogP contribution in [0.2, 0.25) is 0 Å². The molecule has 1 aromatic rings. The van der Waals surface area contributed by atoms with Gasteiger partial charge in [-0.15, -0.1) is 0 Å². The van der Waals surface area contributed by atoms with Gasteiger partial charge in [-0.2, -0.15) is 0 Å². The number of aromatic nitrogens is 1. The first-order chi connectivity index (χ1) is 7.48. The zero-order chi connectivity index (χ0) is 11.8. The van der Waals surface area contributed by atoms with Crippen LogP contribution in [0.25, 0.3) is 0 Å². The SMILES string of the molecule is CC1(C)CCC(Cn2cccc(Br)c2=O)O1. The lowest BCUT2D eigenvalue weighted by Crippen LogP contribution is -2.28. The predicted molar refractivity (Wildman–Crippen MR) is 66.6 cm³/mol. The molecule has 4 heteroatoms. The number of pyridine rings is 1. The number of nitrogens with zero attached hydrogens (tertiary/aromatic N) is 1. The lowest BCUT2D eigenvalue weighted by molar-refractivity contribution is -0.0220. The van der Waals surface area contributed by atoms with Crippen LogP contribution < -0.4 is 5.56 Å².